The molecule has 0 amide bonds. The predicted octanol–water partition coefficient (Wildman–Crippen LogP) is 2.45. The number of nitrogens with zero attached hydrogens (tertiary/aromatic N) is 1. The zero-order valence-electron chi connectivity index (χ0n) is 8.42. The molecule has 72 valence electrons. The lowest BCUT2D eigenvalue weighted by Crippen LogP contribution is -2.20. The van der Waals surface area contributed by atoms with Gasteiger partial charge in [0.1, 0.15) is 0 Å². The molecule has 0 aromatic carbocycles. The number of rotatable bonds is 2. The van der Waals surface area contributed by atoms with Crippen LogP contribution >= 0.6 is 0 Å². The van der Waals surface area contributed by atoms with Crippen molar-refractivity contribution in [1.29, 1.82) is 0 Å². The summed E-state index contributed by atoms with van der Waals surface area (Å²) < 4.78 is 0. The van der Waals surface area contributed by atoms with Crippen molar-refractivity contribution >= 4 is 5.71 Å². The number of terminal acetylenes is 1. The van der Waals surface area contributed by atoms with Gasteiger partial charge in [-0.15, -0.1) is 6.42 Å². The van der Waals surface area contributed by atoms with Crippen molar-refractivity contribution in [3.05, 3.63) is 0 Å². The Kier molecular flexibility index (Phi) is 3.82. The zero-order chi connectivity index (χ0) is 9.68. The van der Waals surface area contributed by atoms with Gasteiger partial charge in [-0.2, -0.15) is 0 Å². The maximum Gasteiger partial charge on any atom is 0.177 e. The maximum atomic E-state index is 5.05. The van der Waals surface area contributed by atoms with Gasteiger partial charge >= 0.3 is 0 Å². The van der Waals surface area contributed by atoms with E-state index in [-0.39, 0.29) is 6.61 Å². The Morgan fingerprint density at radius 3 is 2.92 bits per heavy atom. The molecule has 0 aliphatic heterocycles. The Hall–Kier alpha value is -0.970. The minimum absolute atomic E-state index is 0.285. The molecule has 1 fully saturated rings. The van der Waals surface area contributed by atoms with E-state index in [4.69, 9.17) is 11.3 Å². The molecule has 2 heteroatoms. The minimum atomic E-state index is 0.285. The van der Waals surface area contributed by atoms with Crippen LogP contribution in [0.5, 0.6) is 0 Å². The van der Waals surface area contributed by atoms with Crippen LogP contribution in [0, 0.1) is 24.2 Å². The van der Waals surface area contributed by atoms with E-state index >= 15 is 0 Å². The van der Waals surface area contributed by atoms with Crippen molar-refractivity contribution in [3.8, 4) is 12.3 Å². The molecule has 1 aliphatic rings. The zero-order valence-corrected chi connectivity index (χ0v) is 8.42. The molecule has 0 N–H and O–H groups in total. The van der Waals surface area contributed by atoms with Gasteiger partial charge in [0, 0.05) is 0 Å². The third kappa shape index (κ3) is 3.10. The third-order valence-electron chi connectivity index (χ3n) is 2.76. The van der Waals surface area contributed by atoms with Crippen LogP contribution in [0.1, 0.15) is 33.1 Å². The highest BCUT2D eigenvalue weighted by Gasteiger charge is 2.21. The average Bonchev–Trinajstić information content (AvgIpc) is 2.12. The number of oxime groups is 1. The highest BCUT2D eigenvalue weighted by Crippen LogP contribution is 2.27. The molecular weight excluding hydrogens is 162 g/mol. The van der Waals surface area contributed by atoms with E-state index in [0.717, 1.165) is 24.7 Å². The standard InChI is InChI=1S/C11H17NO/c1-4-7-13-12-11-6-5-9(2)10(3)8-11/h1,9-10H,5-8H2,2-3H3/b12-11+. The van der Waals surface area contributed by atoms with E-state index in [1.165, 1.54) is 12.1 Å². The Bertz CT molecular complexity index is 227. The van der Waals surface area contributed by atoms with Crippen LogP contribution in [0.4, 0.5) is 0 Å². The van der Waals surface area contributed by atoms with Gasteiger partial charge in [-0.1, -0.05) is 24.9 Å². The van der Waals surface area contributed by atoms with Crippen molar-refractivity contribution in [1.82, 2.24) is 0 Å². The molecule has 13 heavy (non-hydrogen) atoms. The molecule has 0 aromatic heterocycles. The van der Waals surface area contributed by atoms with Crippen molar-refractivity contribution in [2.24, 2.45) is 17.0 Å². The van der Waals surface area contributed by atoms with Crippen molar-refractivity contribution in [3.63, 3.8) is 0 Å². The molecule has 1 rings (SSSR count). The fourth-order valence-electron chi connectivity index (χ4n) is 1.60. The molecule has 0 radical (unpaired) electrons. The molecule has 2 nitrogen and oxygen atoms in total. The number of hydrogen-bond acceptors (Lipinski definition) is 2. The molecule has 1 saturated carbocycles. The molecule has 0 aromatic rings. The molecule has 0 saturated heterocycles. The minimum Gasteiger partial charge on any atom is -0.383 e. The Morgan fingerprint density at radius 2 is 2.31 bits per heavy atom. The first-order valence-corrected chi connectivity index (χ1v) is 4.85. The predicted molar refractivity (Wildman–Crippen MR) is 54.4 cm³/mol. The summed E-state index contributed by atoms with van der Waals surface area (Å²) in [6.07, 6.45) is 8.40. The Labute approximate surface area is 80.3 Å². The van der Waals surface area contributed by atoms with Crippen LogP contribution in [0.15, 0.2) is 5.16 Å². The molecular formula is C11H17NO. The first kappa shape index (κ1) is 10.1. The van der Waals surface area contributed by atoms with Gasteiger partial charge in [0.25, 0.3) is 0 Å². The summed E-state index contributed by atoms with van der Waals surface area (Å²) in [7, 11) is 0. The van der Waals surface area contributed by atoms with Gasteiger partial charge in [0.2, 0.25) is 0 Å². The lowest BCUT2D eigenvalue weighted by Gasteiger charge is -2.25. The molecule has 0 heterocycles. The van der Waals surface area contributed by atoms with Crippen LogP contribution in [0.25, 0.3) is 0 Å². The molecule has 2 unspecified atom stereocenters. The number of hydrogen-bond donors (Lipinski definition) is 0. The smallest absolute Gasteiger partial charge is 0.177 e. The largest absolute Gasteiger partial charge is 0.383 e. The highest BCUT2D eigenvalue weighted by molar-refractivity contribution is 5.84. The molecule has 0 spiro atoms. The first-order valence-electron chi connectivity index (χ1n) is 4.85. The lowest BCUT2D eigenvalue weighted by molar-refractivity contribution is 0.175. The van der Waals surface area contributed by atoms with E-state index in [2.05, 4.69) is 24.9 Å². The van der Waals surface area contributed by atoms with Gasteiger partial charge in [0.05, 0.1) is 5.71 Å². The second-order valence-corrected chi connectivity index (χ2v) is 3.83. The fourth-order valence-corrected chi connectivity index (χ4v) is 1.60. The monoisotopic (exact) mass is 179 g/mol. The van der Waals surface area contributed by atoms with Crippen molar-refractivity contribution in [2.45, 2.75) is 33.1 Å². The summed E-state index contributed by atoms with van der Waals surface area (Å²) in [5.41, 5.74) is 1.17. The summed E-state index contributed by atoms with van der Waals surface area (Å²) >= 11 is 0. The third-order valence-corrected chi connectivity index (χ3v) is 2.76. The van der Waals surface area contributed by atoms with E-state index in [0.29, 0.717) is 0 Å². The maximum absolute atomic E-state index is 5.05. The highest BCUT2D eigenvalue weighted by atomic mass is 16.6. The van der Waals surface area contributed by atoms with Crippen LogP contribution in [0.3, 0.4) is 0 Å². The van der Waals surface area contributed by atoms with Gasteiger partial charge < -0.3 is 4.84 Å². The lowest BCUT2D eigenvalue weighted by atomic mass is 9.81. The van der Waals surface area contributed by atoms with Gasteiger partial charge in [-0.3, -0.25) is 0 Å². The van der Waals surface area contributed by atoms with Crippen LogP contribution in [-0.4, -0.2) is 12.3 Å². The molecule has 2 atom stereocenters. The van der Waals surface area contributed by atoms with Gasteiger partial charge in [0.15, 0.2) is 6.61 Å². The second kappa shape index (κ2) is 4.91. The van der Waals surface area contributed by atoms with E-state index < -0.39 is 0 Å². The second-order valence-electron chi connectivity index (χ2n) is 3.83. The normalized spacial score (nSPS) is 31.3. The van der Waals surface area contributed by atoms with Crippen LogP contribution in [0.2, 0.25) is 0 Å². The van der Waals surface area contributed by atoms with Crippen LogP contribution < -0.4 is 0 Å². The van der Waals surface area contributed by atoms with Crippen molar-refractivity contribution < 1.29 is 4.84 Å². The first-order chi connectivity index (χ1) is 6.24. The summed E-state index contributed by atoms with van der Waals surface area (Å²) in [6.45, 7) is 4.84. The molecule has 1 aliphatic carbocycles. The average molecular weight is 179 g/mol. The summed E-state index contributed by atoms with van der Waals surface area (Å²) in [6, 6.07) is 0. The van der Waals surface area contributed by atoms with Gasteiger partial charge in [-0.05, 0) is 31.1 Å². The summed E-state index contributed by atoms with van der Waals surface area (Å²) in [5, 5.41) is 4.03. The van der Waals surface area contributed by atoms with Gasteiger partial charge in [-0.25, -0.2) is 0 Å². The topological polar surface area (TPSA) is 21.6 Å². The summed E-state index contributed by atoms with van der Waals surface area (Å²) in [4.78, 5) is 4.96. The Morgan fingerprint density at radius 1 is 1.54 bits per heavy atom. The Balaban J connectivity index is 2.37. The fraction of sp³-hybridized carbons (Fsp3) is 0.727. The van der Waals surface area contributed by atoms with E-state index in [1.807, 2.05) is 0 Å². The van der Waals surface area contributed by atoms with E-state index in [1.54, 1.807) is 0 Å². The van der Waals surface area contributed by atoms with Crippen LogP contribution in [-0.2, 0) is 4.84 Å². The van der Waals surface area contributed by atoms with Crippen molar-refractivity contribution in [2.75, 3.05) is 6.61 Å². The summed E-state index contributed by atoms with van der Waals surface area (Å²) in [5.74, 6) is 3.93. The quantitative estimate of drug-likeness (QED) is 0.362. The van der Waals surface area contributed by atoms with E-state index in [9.17, 15) is 0 Å². The SMILES string of the molecule is C#CCO/N=C1\CCC(C)C(C)C1. The molecule has 0 bridgehead atoms.